The van der Waals surface area contributed by atoms with Gasteiger partial charge in [0.05, 0.1) is 11.0 Å². The average molecular weight is 534 g/mol. The highest BCUT2D eigenvalue weighted by Crippen LogP contribution is 2.27. The number of pyridine rings is 1. The van der Waals surface area contributed by atoms with Crippen molar-refractivity contribution >= 4 is 34.5 Å². The molecule has 40 heavy (non-hydrogen) atoms. The van der Waals surface area contributed by atoms with Crippen molar-refractivity contribution in [2.24, 2.45) is 5.92 Å². The monoisotopic (exact) mass is 533 g/mol. The van der Waals surface area contributed by atoms with Gasteiger partial charge in [-0.3, -0.25) is 4.57 Å². The van der Waals surface area contributed by atoms with Crippen molar-refractivity contribution < 1.29 is 4.79 Å². The zero-order valence-corrected chi connectivity index (χ0v) is 22.2. The minimum Gasteiger partial charge on any atom is -0.384 e. The lowest BCUT2D eigenvalue weighted by molar-refractivity contribution is 0.172. The molecule has 0 bridgehead atoms. The number of nitrogen functional groups attached to an aromatic ring is 1. The van der Waals surface area contributed by atoms with Crippen LogP contribution in [0.1, 0.15) is 19.8 Å². The summed E-state index contributed by atoms with van der Waals surface area (Å²) in [6.07, 6.45) is 7.21. The number of amides is 2. The van der Waals surface area contributed by atoms with E-state index in [1.807, 2.05) is 76.2 Å². The quantitative estimate of drug-likeness (QED) is 0.274. The topological polar surface area (TPSA) is 127 Å². The van der Waals surface area contributed by atoms with E-state index in [-0.39, 0.29) is 18.0 Å². The largest absolute Gasteiger partial charge is 0.384 e. The minimum absolute atomic E-state index is 0.0658. The highest BCUT2D eigenvalue weighted by atomic mass is 16.2. The van der Waals surface area contributed by atoms with Crippen molar-refractivity contribution in [3.63, 3.8) is 0 Å². The Bertz CT molecular complexity index is 1640. The van der Waals surface area contributed by atoms with Crippen LogP contribution in [0.3, 0.4) is 0 Å². The summed E-state index contributed by atoms with van der Waals surface area (Å²) in [7, 11) is 0. The van der Waals surface area contributed by atoms with Crippen molar-refractivity contribution in [3.8, 4) is 16.9 Å². The van der Waals surface area contributed by atoms with Gasteiger partial charge < -0.3 is 21.3 Å². The lowest BCUT2D eigenvalue weighted by Gasteiger charge is -2.36. The van der Waals surface area contributed by atoms with Crippen LogP contribution in [0.25, 0.3) is 28.0 Å². The Hall–Kier alpha value is -4.99. The smallest absolute Gasteiger partial charge is 0.321 e. The van der Waals surface area contributed by atoms with Crippen LogP contribution in [0.15, 0.2) is 85.5 Å². The molecule has 10 heteroatoms. The van der Waals surface area contributed by atoms with Gasteiger partial charge in [-0.15, -0.1) is 0 Å². The Kier molecular flexibility index (Phi) is 6.96. The van der Waals surface area contributed by atoms with Crippen LogP contribution in [-0.4, -0.2) is 54.6 Å². The number of carbonyl (C=O) groups is 1. The van der Waals surface area contributed by atoms with Crippen LogP contribution in [-0.2, 0) is 0 Å². The van der Waals surface area contributed by atoms with E-state index in [4.69, 9.17) is 10.7 Å². The molecule has 1 aliphatic rings. The molecular formula is C30H31N9O. The van der Waals surface area contributed by atoms with Gasteiger partial charge in [0.1, 0.15) is 18.0 Å². The van der Waals surface area contributed by atoms with Crippen LogP contribution < -0.4 is 16.4 Å². The van der Waals surface area contributed by atoms with Gasteiger partial charge in [0.15, 0.2) is 0 Å². The van der Waals surface area contributed by atoms with Crippen LogP contribution in [0, 0.1) is 5.92 Å². The molecule has 2 atom stereocenters. The third kappa shape index (κ3) is 5.42. The Labute approximate surface area is 232 Å². The number of para-hydroxylation sites is 1. The molecule has 1 fully saturated rings. The summed E-state index contributed by atoms with van der Waals surface area (Å²) in [6, 6.07) is 21.3. The molecule has 0 spiro atoms. The second-order valence-corrected chi connectivity index (χ2v) is 10.1. The zero-order valence-electron chi connectivity index (χ0n) is 22.2. The van der Waals surface area contributed by atoms with Crippen molar-refractivity contribution in [2.45, 2.75) is 25.8 Å². The van der Waals surface area contributed by atoms with Gasteiger partial charge in [-0.05, 0) is 79.3 Å². The molecule has 10 nitrogen and oxygen atoms in total. The van der Waals surface area contributed by atoms with Crippen LogP contribution in [0.5, 0.6) is 0 Å². The fraction of sp³-hybridized carbons (Fsp3) is 0.233. The number of nitrogens with zero attached hydrogens (tertiary/aromatic N) is 6. The third-order valence-electron chi connectivity index (χ3n) is 7.38. The van der Waals surface area contributed by atoms with E-state index in [0.29, 0.717) is 18.3 Å². The number of benzene rings is 2. The summed E-state index contributed by atoms with van der Waals surface area (Å²) in [5.41, 5.74) is 10.5. The molecule has 2 amide bonds. The molecule has 2 unspecified atom stereocenters. The molecule has 0 saturated carbocycles. The number of anilines is 3. The maximum atomic E-state index is 12.8. The second kappa shape index (κ2) is 11.0. The number of likely N-dealkylation sites (tertiary alicyclic amines) is 1. The van der Waals surface area contributed by atoms with E-state index >= 15 is 0 Å². The number of carbonyl (C=O) groups excluding carboxylic acids is 1. The maximum absolute atomic E-state index is 12.8. The first-order valence-electron chi connectivity index (χ1n) is 13.4. The maximum Gasteiger partial charge on any atom is 0.321 e. The standard InChI is InChI=1S/C30H31N9O/c1-20(23-6-5-15-38(18-23)30(40)36-24-7-3-2-4-8-24)35-29-33-14-12-28(37-29)39-19-34-25-16-21(9-10-26(25)39)22-11-13-32-27(31)17-22/h2-4,7-14,16-17,19-20,23H,5-6,15,18H2,1H3,(H2,31,32)(H,36,40)(H,33,35,37). The second-order valence-electron chi connectivity index (χ2n) is 10.1. The minimum atomic E-state index is -0.0658. The van der Waals surface area contributed by atoms with E-state index in [9.17, 15) is 4.79 Å². The summed E-state index contributed by atoms with van der Waals surface area (Å²) in [6.45, 7) is 3.54. The molecule has 6 rings (SSSR count). The summed E-state index contributed by atoms with van der Waals surface area (Å²) in [4.78, 5) is 32.7. The van der Waals surface area contributed by atoms with Gasteiger partial charge >= 0.3 is 6.03 Å². The molecule has 5 aromatic rings. The molecule has 1 aliphatic heterocycles. The van der Waals surface area contributed by atoms with Crippen molar-refractivity contribution in [2.75, 3.05) is 29.5 Å². The Balaban J connectivity index is 1.14. The van der Waals surface area contributed by atoms with E-state index in [2.05, 4.69) is 32.5 Å². The summed E-state index contributed by atoms with van der Waals surface area (Å²) >= 11 is 0. The third-order valence-corrected chi connectivity index (χ3v) is 7.38. The van der Waals surface area contributed by atoms with Gasteiger partial charge in [0.2, 0.25) is 5.95 Å². The summed E-state index contributed by atoms with van der Waals surface area (Å²) in [5, 5.41) is 6.47. The number of nitrogens with one attached hydrogen (secondary N) is 2. The van der Waals surface area contributed by atoms with Crippen LogP contribution >= 0.6 is 0 Å². The fourth-order valence-electron chi connectivity index (χ4n) is 5.20. The molecule has 1 saturated heterocycles. The zero-order chi connectivity index (χ0) is 27.5. The molecule has 3 aromatic heterocycles. The predicted octanol–water partition coefficient (Wildman–Crippen LogP) is 5.20. The van der Waals surface area contributed by atoms with Gasteiger partial charge in [-0.1, -0.05) is 24.3 Å². The lowest BCUT2D eigenvalue weighted by atomic mass is 9.92. The molecule has 202 valence electrons. The number of nitrogens with two attached hydrogens (primary N) is 1. The Morgan fingerprint density at radius 1 is 1.00 bits per heavy atom. The fourth-order valence-corrected chi connectivity index (χ4v) is 5.20. The van der Waals surface area contributed by atoms with E-state index in [1.54, 1.807) is 18.7 Å². The number of aromatic nitrogens is 5. The molecule has 0 radical (unpaired) electrons. The van der Waals surface area contributed by atoms with E-state index < -0.39 is 0 Å². The van der Waals surface area contributed by atoms with E-state index in [1.165, 1.54) is 0 Å². The average Bonchev–Trinajstić information content (AvgIpc) is 3.41. The van der Waals surface area contributed by atoms with Crippen LogP contribution in [0.2, 0.25) is 0 Å². The number of hydrogen-bond donors (Lipinski definition) is 3. The molecule has 0 aliphatic carbocycles. The van der Waals surface area contributed by atoms with Crippen LogP contribution in [0.4, 0.5) is 22.2 Å². The number of rotatable bonds is 6. The highest BCUT2D eigenvalue weighted by Gasteiger charge is 2.28. The Morgan fingerprint density at radius 3 is 2.67 bits per heavy atom. The predicted molar refractivity (Wildman–Crippen MR) is 157 cm³/mol. The Morgan fingerprint density at radius 2 is 1.82 bits per heavy atom. The normalized spacial score (nSPS) is 16.0. The van der Waals surface area contributed by atoms with Crippen molar-refractivity contribution in [3.05, 3.63) is 85.5 Å². The first kappa shape index (κ1) is 25.3. The molecule has 2 aromatic carbocycles. The number of piperidine rings is 1. The van der Waals surface area contributed by atoms with E-state index in [0.717, 1.165) is 53.1 Å². The van der Waals surface area contributed by atoms with Gasteiger partial charge in [0.25, 0.3) is 0 Å². The summed E-state index contributed by atoms with van der Waals surface area (Å²) < 4.78 is 1.95. The SMILES string of the molecule is CC(Nc1nccc(-n2cnc3cc(-c4ccnc(N)c4)ccc32)n1)C1CCCN(C(=O)Nc2ccccc2)C1. The molecule has 4 N–H and O–H groups in total. The lowest BCUT2D eigenvalue weighted by Crippen LogP contribution is -2.46. The first-order valence-corrected chi connectivity index (χ1v) is 13.4. The molecule has 4 heterocycles. The summed E-state index contributed by atoms with van der Waals surface area (Å²) in [5.74, 6) is 2.02. The number of imidazole rings is 1. The highest BCUT2D eigenvalue weighted by molar-refractivity contribution is 5.89. The number of urea groups is 1. The molecular weight excluding hydrogens is 502 g/mol. The number of hydrogen-bond acceptors (Lipinski definition) is 7. The number of fused-ring (bicyclic) bond motifs is 1. The van der Waals surface area contributed by atoms with Crippen molar-refractivity contribution in [1.82, 2.24) is 29.4 Å². The first-order chi connectivity index (χ1) is 19.5. The van der Waals surface area contributed by atoms with Crippen molar-refractivity contribution in [1.29, 1.82) is 0 Å². The van der Waals surface area contributed by atoms with Gasteiger partial charge in [-0.25, -0.2) is 19.7 Å². The van der Waals surface area contributed by atoms with Gasteiger partial charge in [0, 0.05) is 37.2 Å². The van der Waals surface area contributed by atoms with Gasteiger partial charge in [-0.2, -0.15) is 4.98 Å².